The Kier molecular flexibility index (Phi) is 2.89. The lowest BCUT2D eigenvalue weighted by Gasteiger charge is -2.10. The van der Waals surface area contributed by atoms with Crippen LogP contribution >= 0.6 is 0 Å². The Bertz CT molecular complexity index is 677. The van der Waals surface area contributed by atoms with Crippen LogP contribution in [0.15, 0.2) is 36.5 Å². The van der Waals surface area contributed by atoms with Gasteiger partial charge in [0.25, 0.3) is 0 Å². The first-order valence-electron chi connectivity index (χ1n) is 4.66. The van der Waals surface area contributed by atoms with Crippen molar-refractivity contribution in [2.75, 3.05) is 0 Å². The molecule has 18 heavy (non-hydrogen) atoms. The number of fused-ring (bicyclic) bond motifs is 1. The summed E-state index contributed by atoms with van der Waals surface area (Å²) in [5.41, 5.74) is -5.12. The number of halogens is 3. The number of aromatic nitrogens is 1. The third-order valence-electron chi connectivity index (χ3n) is 2.09. The summed E-state index contributed by atoms with van der Waals surface area (Å²) in [4.78, 5) is 3.88. The molecule has 0 N–H and O–H groups in total. The molecule has 0 radical (unpaired) electrons. The minimum absolute atomic E-state index is 0.188. The normalized spacial score (nSPS) is 12.6. The van der Waals surface area contributed by atoms with Gasteiger partial charge in [-0.1, -0.05) is 12.1 Å². The summed E-state index contributed by atoms with van der Waals surface area (Å²) in [6.45, 7) is 0. The molecule has 0 aliphatic carbocycles. The summed E-state index contributed by atoms with van der Waals surface area (Å²) in [7, 11) is -5.67. The van der Waals surface area contributed by atoms with E-state index in [1.807, 2.05) is 0 Å². The second kappa shape index (κ2) is 4.13. The molecular weight excluding hydrogens is 271 g/mol. The van der Waals surface area contributed by atoms with E-state index in [0.29, 0.717) is 5.52 Å². The van der Waals surface area contributed by atoms with Crippen molar-refractivity contribution >= 4 is 21.0 Å². The van der Waals surface area contributed by atoms with E-state index in [-0.39, 0.29) is 5.39 Å². The van der Waals surface area contributed by atoms with E-state index in [0.717, 1.165) is 6.07 Å². The molecule has 2 aromatic rings. The third kappa shape index (κ3) is 2.23. The molecule has 0 spiro atoms. The molecule has 1 heterocycles. The van der Waals surface area contributed by atoms with Crippen LogP contribution in [-0.4, -0.2) is 18.9 Å². The fourth-order valence-corrected chi connectivity index (χ4v) is 1.78. The van der Waals surface area contributed by atoms with Crippen LogP contribution in [0.1, 0.15) is 0 Å². The van der Waals surface area contributed by atoms with Crippen molar-refractivity contribution in [3.05, 3.63) is 36.5 Å². The van der Waals surface area contributed by atoms with E-state index in [2.05, 4.69) is 9.17 Å². The molecule has 1 aromatic carbocycles. The second-order valence-electron chi connectivity index (χ2n) is 3.31. The molecule has 96 valence electrons. The Balaban J connectivity index is 2.51. The molecular formula is C10H6F3NO3S. The zero-order valence-electron chi connectivity index (χ0n) is 8.68. The lowest BCUT2D eigenvalue weighted by Crippen LogP contribution is -2.28. The van der Waals surface area contributed by atoms with Crippen molar-refractivity contribution in [2.24, 2.45) is 0 Å². The first-order chi connectivity index (χ1) is 8.31. The topological polar surface area (TPSA) is 56.3 Å². The van der Waals surface area contributed by atoms with Gasteiger partial charge in [-0.15, -0.1) is 0 Å². The smallest absolute Gasteiger partial charge is 0.375 e. The summed E-state index contributed by atoms with van der Waals surface area (Å²) < 4.78 is 62.5. The zero-order valence-corrected chi connectivity index (χ0v) is 9.49. The standard InChI is InChI=1S/C10H6F3NO3S/c11-10(12,13)18(15,16)17-9-5-6-14-8-4-2-1-3-7(8)9/h1-6H. The Morgan fingerprint density at radius 1 is 1.11 bits per heavy atom. The molecule has 0 fully saturated rings. The molecule has 0 saturated carbocycles. The van der Waals surface area contributed by atoms with E-state index >= 15 is 0 Å². The Morgan fingerprint density at radius 2 is 1.78 bits per heavy atom. The van der Waals surface area contributed by atoms with Crippen molar-refractivity contribution in [3.63, 3.8) is 0 Å². The molecule has 0 atom stereocenters. The minimum Gasteiger partial charge on any atom is -0.375 e. The van der Waals surface area contributed by atoms with Gasteiger partial charge in [0.15, 0.2) is 5.75 Å². The monoisotopic (exact) mass is 277 g/mol. The summed E-state index contributed by atoms with van der Waals surface area (Å²) in [5.74, 6) is -0.405. The van der Waals surface area contributed by atoms with Crippen LogP contribution in [0.5, 0.6) is 5.75 Å². The Morgan fingerprint density at radius 3 is 2.44 bits per heavy atom. The fourth-order valence-electron chi connectivity index (χ4n) is 1.31. The van der Waals surface area contributed by atoms with Gasteiger partial charge >= 0.3 is 15.6 Å². The number of hydrogen-bond acceptors (Lipinski definition) is 4. The van der Waals surface area contributed by atoms with Gasteiger partial charge in [0.1, 0.15) is 0 Å². The van der Waals surface area contributed by atoms with E-state index < -0.39 is 21.4 Å². The highest BCUT2D eigenvalue weighted by atomic mass is 32.2. The molecule has 8 heteroatoms. The maximum absolute atomic E-state index is 12.2. The van der Waals surface area contributed by atoms with Crippen molar-refractivity contribution in [2.45, 2.75) is 5.51 Å². The van der Waals surface area contributed by atoms with Crippen LogP contribution in [0.4, 0.5) is 13.2 Å². The first kappa shape index (κ1) is 12.6. The molecule has 0 aliphatic heterocycles. The van der Waals surface area contributed by atoms with Crippen molar-refractivity contribution in [1.29, 1.82) is 0 Å². The maximum atomic E-state index is 12.2. The number of pyridine rings is 1. The predicted octanol–water partition coefficient (Wildman–Crippen LogP) is 2.46. The summed E-state index contributed by atoms with van der Waals surface area (Å²) in [5, 5.41) is 0.188. The number of para-hydroxylation sites is 1. The van der Waals surface area contributed by atoms with E-state index in [9.17, 15) is 21.6 Å². The lowest BCUT2D eigenvalue weighted by atomic mass is 10.2. The van der Waals surface area contributed by atoms with E-state index in [1.165, 1.54) is 24.4 Å². The van der Waals surface area contributed by atoms with Gasteiger partial charge in [-0.05, 0) is 12.1 Å². The molecule has 0 bridgehead atoms. The van der Waals surface area contributed by atoms with Gasteiger partial charge in [-0.25, -0.2) is 0 Å². The predicted molar refractivity (Wildman–Crippen MR) is 57.3 cm³/mol. The highest BCUT2D eigenvalue weighted by Crippen LogP contribution is 2.30. The van der Waals surface area contributed by atoms with Crippen molar-refractivity contribution < 1.29 is 25.8 Å². The molecule has 1 aromatic heterocycles. The van der Waals surface area contributed by atoms with Crippen LogP contribution in [0.25, 0.3) is 10.9 Å². The third-order valence-corrected chi connectivity index (χ3v) is 3.06. The summed E-state index contributed by atoms with van der Waals surface area (Å²) in [6, 6.07) is 7.17. The molecule has 2 rings (SSSR count). The Labute approximate surface area is 100 Å². The molecule has 0 saturated heterocycles. The molecule has 0 aliphatic rings. The van der Waals surface area contributed by atoms with Gasteiger partial charge in [-0.3, -0.25) is 4.98 Å². The lowest BCUT2D eigenvalue weighted by molar-refractivity contribution is -0.0499. The van der Waals surface area contributed by atoms with Gasteiger partial charge in [0.05, 0.1) is 5.52 Å². The summed E-state index contributed by atoms with van der Waals surface area (Å²) in [6.07, 6.45) is 1.17. The number of alkyl halides is 3. The zero-order chi connectivity index (χ0) is 13.4. The van der Waals surface area contributed by atoms with Crippen LogP contribution in [0.3, 0.4) is 0 Å². The van der Waals surface area contributed by atoms with Crippen molar-refractivity contribution in [3.8, 4) is 5.75 Å². The van der Waals surface area contributed by atoms with Gasteiger partial charge < -0.3 is 4.18 Å². The van der Waals surface area contributed by atoms with E-state index in [1.54, 1.807) is 6.07 Å². The van der Waals surface area contributed by atoms with Crippen LogP contribution < -0.4 is 4.18 Å². The number of benzene rings is 1. The maximum Gasteiger partial charge on any atom is 0.534 e. The molecule has 0 amide bonds. The quantitative estimate of drug-likeness (QED) is 0.625. The molecule has 4 nitrogen and oxygen atoms in total. The number of rotatable bonds is 2. The van der Waals surface area contributed by atoms with Crippen LogP contribution in [0, 0.1) is 0 Å². The van der Waals surface area contributed by atoms with Gasteiger partial charge in [0.2, 0.25) is 0 Å². The van der Waals surface area contributed by atoms with Crippen LogP contribution in [0.2, 0.25) is 0 Å². The number of nitrogens with zero attached hydrogens (tertiary/aromatic N) is 1. The minimum atomic E-state index is -5.67. The average Bonchev–Trinajstić information content (AvgIpc) is 2.27. The first-order valence-corrected chi connectivity index (χ1v) is 6.06. The van der Waals surface area contributed by atoms with Crippen molar-refractivity contribution in [1.82, 2.24) is 4.98 Å². The molecule has 0 unspecified atom stereocenters. The van der Waals surface area contributed by atoms with E-state index in [4.69, 9.17) is 0 Å². The summed E-state index contributed by atoms with van der Waals surface area (Å²) >= 11 is 0. The second-order valence-corrected chi connectivity index (χ2v) is 4.85. The average molecular weight is 277 g/mol. The van der Waals surface area contributed by atoms with Gasteiger partial charge in [-0.2, -0.15) is 21.6 Å². The number of hydrogen-bond donors (Lipinski definition) is 0. The fraction of sp³-hybridized carbons (Fsp3) is 0.100. The van der Waals surface area contributed by atoms with Crippen LogP contribution in [-0.2, 0) is 10.1 Å². The largest absolute Gasteiger partial charge is 0.534 e. The van der Waals surface area contributed by atoms with Gasteiger partial charge in [0, 0.05) is 17.6 Å². The SMILES string of the molecule is O=S(=O)(Oc1ccnc2ccccc12)C(F)(F)F. The highest BCUT2D eigenvalue weighted by Gasteiger charge is 2.48. The highest BCUT2D eigenvalue weighted by molar-refractivity contribution is 7.88. The Hall–Kier alpha value is -1.83.